The molecule has 2 N–H and O–H groups in total. The van der Waals surface area contributed by atoms with Crippen LogP contribution in [0.3, 0.4) is 0 Å². The van der Waals surface area contributed by atoms with Crippen molar-refractivity contribution in [2.75, 3.05) is 5.32 Å². The molecule has 4 rings (SSSR count). The number of ether oxygens (including phenoxy) is 1. The van der Waals surface area contributed by atoms with Gasteiger partial charge in [0.2, 0.25) is 0 Å². The number of esters is 1. The predicted molar refractivity (Wildman–Crippen MR) is 153 cm³/mol. The van der Waals surface area contributed by atoms with Gasteiger partial charge in [-0.05, 0) is 66.7 Å². The number of benzene rings is 4. The first-order valence-electron chi connectivity index (χ1n) is 11.5. The lowest BCUT2D eigenvalue weighted by atomic mass is 10.1. The van der Waals surface area contributed by atoms with E-state index in [1.165, 1.54) is 54.7 Å². The second-order valence-corrected chi connectivity index (χ2v) is 9.43. The van der Waals surface area contributed by atoms with Crippen molar-refractivity contribution in [3.8, 4) is 5.75 Å². The van der Waals surface area contributed by atoms with Gasteiger partial charge in [0.15, 0.2) is 0 Å². The average molecular weight is 622 g/mol. The number of para-hydroxylation sites is 1. The van der Waals surface area contributed by atoms with Crippen LogP contribution < -0.4 is 15.5 Å². The summed E-state index contributed by atoms with van der Waals surface area (Å²) in [5.74, 6) is -1.57. The molecule has 10 nitrogen and oxygen atoms in total. The normalized spacial score (nSPS) is 10.7. The summed E-state index contributed by atoms with van der Waals surface area (Å²) < 4.78 is 6.19. The third-order valence-electron chi connectivity index (χ3n) is 5.38. The number of hydrazone groups is 1. The largest absolute Gasteiger partial charge is 0.422 e. The van der Waals surface area contributed by atoms with E-state index >= 15 is 0 Å². The number of nitro groups is 1. The summed E-state index contributed by atoms with van der Waals surface area (Å²) in [6.07, 6.45) is 1.31. The highest BCUT2D eigenvalue weighted by Crippen LogP contribution is 2.23. The highest BCUT2D eigenvalue weighted by Gasteiger charge is 2.16. The second-order valence-electron chi connectivity index (χ2n) is 8.08. The number of hydrogen-bond acceptors (Lipinski definition) is 7. The lowest BCUT2D eigenvalue weighted by molar-refractivity contribution is -0.384. The van der Waals surface area contributed by atoms with Crippen LogP contribution >= 0.6 is 27.5 Å². The summed E-state index contributed by atoms with van der Waals surface area (Å²) in [5, 5.41) is 17.9. The number of rotatable bonds is 8. The fraction of sp³-hybridized carbons (Fsp3) is 0. The maximum absolute atomic E-state index is 12.9. The standard InChI is InChI=1S/C28H18BrClN4O6/c29-20-9-14-25(40-28(37)18-5-10-21(30)11-6-18)19(15-20)16-31-33-27(36)23-3-1-2-4-24(23)32-26(35)17-7-12-22(13-8-17)34(38)39/h1-16H,(H,32,35)(H,33,36)/b31-16-. The number of carbonyl (C=O) groups excluding carboxylic acids is 3. The molecule has 0 saturated heterocycles. The molecule has 0 aliphatic heterocycles. The van der Waals surface area contributed by atoms with Crippen molar-refractivity contribution in [2.45, 2.75) is 0 Å². The van der Waals surface area contributed by atoms with E-state index in [0.29, 0.717) is 20.6 Å². The Hall–Kier alpha value is -4.87. The predicted octanol–water partition coefficient (Wildman–Crippen LogP) is 6.25. The number of carbonyl (C=O) groups is 3. The first-order chi connectivity index (χ1) is 19.2. The minimum atomic E-state index is -0.620. The summed E-state index contributed by atoms with van der Waals surface area (Å²) in [7, 11) is 0. The zero-order valence-corrected chi connectivity index (χ0v) is 22.7. The van der Waals surface area contributed by atoms with Crippen LogP contribution in [0.2, 0.25) is 5.02 Å². The fourth-order valence-electron chi connectivity index (χ4n) is 3.40. The number of hydrogen-bond donors (Lipinski definition) is 2. The van der Waals surface area contributed by atoms with Gasteiger partial charge in [0.05, 0.1) is 28.0 Å². The molecule has 0 aliphatic carbocycles. The van der Waals surface area contributed by atoms with Crippen molar-refractivity contribution in [3.63, 3.8) is 0 Å². The molecule has 0 unspecified atom stereocenters. The molecular formula is C28H18BrClN4O6. The Kier molecular flexibility index (Phi) is 9.00. The van der Waals surface area contributed by atoms with Crippen molar-refractivity contribution < 1.29 is 24.0 Å². The molecule has 4 aromatic carbocycles. The van der Waals surface area contributed by atoms with E-state index in [1.54, 1.807) is 42.5 Å². The first-order valence-corrected chi connectivity index (χ1v) is 12.6. The molecule has 2 amide bonds. The molecule has 200 valence electrons. The van der Waals surface area contributed by atoms with E-state index in [-0.39, 0.29) is 28.3 Å². The summed E-state index contributed by atoms with van der Waals surface area (Å²) >= 11 is 9.23. The molecule has 0 aliphatic rings. The summed E-state index contributed by atoms with van der Waals surface area (Å²) in [6.45, 7) is 0. The molecule has 12 heteroatoms. The van der Waals surface area contributed by atoms with E-state index in [2.05, 4.69) is 31.8 Å². The molecule has 0 spiro atoms. The van der Waals surface area contributed by atoms with Crippen molar-refractivity contribution in [1.29, 1.82) is 0 Å². The molecule has 0 saturated carbocycles. The number of halogens is 2. The molecule has 0 aromatic heterocycles. The quantitative estimate of drug-likeness (QED) is 0.0784. The Morgan fingerprint density at radius 2 is 1.57 bits per heavy atom. The van der Waals surface area contributed by atoms with Crippen LogP contribution in [0.4, 0.5) is 11.4 Å². The van der Waals surface area contributed by atoms with Gasteiger partial charge >= 0.3 is 5.97 Å². The van der Waals surface area contributed by atoms with Gasteiger partial charge in [-0.3, -0.25) is 19.7 Å². The monoisotopic (exact) mass is 620 g/mol. The molecule has 0 fully saturated rings. The van der Waals surface area contributed by atoms with Crippen molar-refractivity contribution in [2.24, 2.45) is 5.10 Å². The van der Waals surface area contributed by atoms with Crippen LogP contribution in [0.25, 0.3) is 0 Å². The van der Waals surface area contributed by atoms with E-state index < -0.39 is 22.7 Å². The molecule has 0 bridgehead atoms. The van der Waals surface area contributed by atoms with Gasteiger partial charge in [-0.25, -0.2) is 10.2 Å². The van der Waals surface area contributed by atoms with Gasteiger partial charge in [-0.15, -0.1) is 0 Å². The maximum atomic E-state index is 12.9. The highest BCUT2D eigenvalue weighted by molar-refractivity contribution is 9.10. The third kappa shape index (κ3) is 7.16. The Balaban J connectivity index is 1.46. The Morgan fingerprint density at radius 1 is 0.900 bits per heavy atom. The Morgan fingerprint density at radius 3 is 2.27 bits per heavy atom. The fourth-order valence-corrected chi connectivity index (χ4v) is 3.90. The van der Waals surface area contributed by atoms with E-state index in [1.807, 2.05) is 0 Å². The van der Waals surface area contributed by atoms with Crippen LogP contribution in [0.1, 0.15) is 36.6 Å². The second kappa shape index (κ2) is 12.8. The number of anilines is 1. The summed E-state index contributed by atoms with van der Waals surface area (Å²) in [4.78, 5) is 48.4. The zero-order valence-electron chi connectivity index (χ0n) is 20.3. The Bertz CT molecular complexity index is 1630. The van der Waals surface area contributed by atoms with E-state index in [0.717, 1.165) is 0 Å². The van der Waals surface area contributed by atoms with Gasteiger partial charge in [0.25, 0.3) is 17.5 Å². The minimum absolute atomic E-state index is 0.124. The SMILES string of the molecule is O=C(Nc1ccccc1C(=O)N/N=C\c1cc(Br)ccc1OC(=O)c1ccc(Cl)cc1)c1ccc([N+](=O)[O-])cc1. The van der Waals surface area contributed by atoms with Gasteiger partial charge in [-0.2, -0.15) is 5.10 Å². The molecule has 4 aromatic rings. The molecule has 40 heavy (non-hydrogen) atoms. The number of nitro benzene ring substituents is 1. The van der Waals surface area contributed by atoms with Gasteiger partial charge in [0, 0.05) is 32.8 Å². The topological polar surface area (TPSA) is 140 Å². The lowest BCUT2D eigenvalue weighted by Gasteiger charge is -2.10. The smallest absolute Gasteiger partial charge is 0.343 e. The van der Waals surface area contributed by atoms with Gasteiger partial charge < -0.3 is 10.1 Å². The molecule has 0 radical (unpaired) electrons. The van der Waals surface area contributed by atoms with Crippen LogP contribution in [0, 0.1) is 10.1 Å². The number of nitrogens with zero attached hydrogens (tertiary/aromatic N) is 2. The van der Waals surface area contributed by atoms with Gasteiger partial charge in [0.1, 0.15) is 5.75 Å². The number of nitrogens with one attached hydrogen (secondary N) is 2. The Labute approximate surface area is 240 Å². The van der Waals surface area contributed by atoms with Crippen LogP contribution in [0.15, 0.2) is 101 Å². The van der Waals surface area contributed by atoms with Crippen LogP contribution in [-0.4, -0.2) is 28.9 Å². The first kappa shape index (κ1) is 28.1. The van der Waals surface area contributed by atoms with Gasteiger partial charge in [-0.1, -0.05) is 39.7 Å². The van der Waals surface area contributed by atoms with Crippen LogP contribution in [-0.2, 0) is 0 Å². The minimum Gasteiger partial charge on any atom is -0.422 e. The summed E-state index contributed by atoms with van der Waals surface area (Å²) in [6, 6.07) is 22.5. The third-order valence-corrected chi connectivity index (χ3v) is 6.13. The molecule has 0 atom stereocenters. The van der Waals surface area contributed by atoms with E-state index in [9.17, 15) is 24.5 Å². The summed E-state index contributed by atoms with van der Waals surface area (Å²) in [5.41, 5.74) is 3.45. The van der Waals surface area contributed by atoms with Crippen LogP contribution in [0.5, 0.6) is 5.75 Å². The number of amides is 2. The van der Waals surface area contributed by atoms with E-state index in [4.69, 9.17) is 16.3 Å². The van der Waals surface area contributed by atoms with Crippen molar-refractivity contribution in [1.82, 2.24) is 5.43 Å². The highest BCUT2D eigenvalue weighted by atomic mass is 79.9. The lowest BCUT2D eigenvalue weighted by Crippen LogP contribution is -2.21. The number of non-ortho nitro benzene ring substituents is 1. The van der Waals surface area contributed by atoms with Crippen molar-refractivity contribution in [3.05, 3.63) is 133 Å². The maximum Gasteiger partial charge on any atom is 0.343 e. The zero-order chi connectivity index (χ0) is 28.6. The van der Waals surface area contributed by atoms with Crippen molar-refractivity contribution >= 4 is 62.9 Å². The average Bonchev–Trinajstić information content (AvgIpc) is 2.95. The molecular weight excluding hydrogens is 604 g/mol. The molecule has 0 heterocycles.